The van der Waals surface area contributed by atoms with Crippen LogP contribution >= 0.6 is 0 Å². The van der Waals surface area contributed by atoms with Gasteiger partial charge in [0.25, 0.3) is 11.6 Å². The Labute approximate surface area is 125 Å². The molecule has 2 rings (SSSR count). The first-order valence-corrected chi connectivity index (χ1v) is 6.29. The summed E-state index contributed by atoms with van der Waals surface area (Å²) in [5.41, 5.74) is 0.577. The molecule has 7 heteroatoms. The summed E-state index contributed by atoms with van der Waals surface area (Å²) in [5, 5.41) is 22.4. The summed E-state index contributed by atoms with van der Waals surface area (Å²) in [6.07, 6.45) is 0. The van der Waals surface area contributed by atoms with Gasteiger partial charge in [-0.15, -0.1) is 0 Å². The largest absolute Gasteiger partial charge is 0.478 e. The van der Waals surface area contributed by atoms with Crippen molar-refractivity contribution < 1.29 is 19.6 Å². The number of hydrogen-bond acceptors (Lipinski definition) is 4. The van der Waals surface area contributed by atoms with Crippen LogP contribution in [-0.4, -0.2) is 21.9 Å². The van der Waals surface area contributed by atoms with Crippen molar-refractivity contribution in [2.75, 3.05) is 5.32 Å². The zero-order valence-corrected chi connectivity index (χ0v) is 11.6. The number of aromatic carboxylic acids is 1. The Hall–Kier alpha value is -3.22. The van der Waals surface area contributed by atoms with Crippen molar-refractivity contribution >= 4 is 23.3 Å². The number of carboxylic acid groups (broad SMARTS) is 1. The molecule has 2 N–H and O–H groups in total. The number of non-ortho nitro benzene ring substituents is 1. The molecule has 22 heavy (non-hydrogen) atoms. The molecule has 7 nitrogen and oxygen atoms in total. The minimum absolute atomic E-state index is 0.0428. The molecule has 0 aromatic heterocycles. The van der Waals surface area contributed by atoms with E-state index in [2.05, 4.69) is 5.32 Å². The number of rotatable bonds is 4. The van der Waals surface area contributed by atoms with E-state index in [1.165, 1.54) is 24.3 Å². The lowest BCUT2D eigenvalue weighted by molar-refractivity contribution is -0.384. The van der Waals surface area contributed by atoms with Gasteiger partial charge in [0.15, 0.2) is 0 Å². The van der Waals surface area contributed by atoms with Crippen molar-refractivity contribution in [3.8, 4) is 0 Å². The molecule has 0 aliphatic heterocycles. The van der Waals surface area contributed by atoms with Crippen LogP contribution in [0.2, 0.25) is 0 Å². The second-order valence-corrected chi connectivity index (χ2v) is 4.56. The Morgan fingerprint density at radius 1 is 1.18 bits per heavy atom. The van der Waals surface area contributed by atoms with Crippen LogP contribution in [0.3, 0.4) is 0 Å². The van der Waals surface area contributed by atoms with Crippen molar-refractivity contribution in [1.29, 1.82) is 0 Å². The lowest BCUT2D eigenvalue weighted by atomic mass is 10.1. The average molecular weight is 300 g/mol. The highest BCUT2D eigenvalue weighted by Crippen LogP contribution is 2.22. The Kier molecular flexibility index (Phi) is 4.17. The van der Waals surface area contributed by atoms with Crippen LogP contribution in [0.25, 0.3) is 0 Å². The first kappa shape index (κ1) is 15.2. The first-order valence-electron chi connectivity index (χ1n) is 6.29. The van der Waals surface area contributed by atoms with Crippen LogP contribution in [0.5, 0.6) is 0 Å². The molecule has 112 valence electrons. The predicted molar refractivity (Wildman–Crippen MR) is 79.2 cm³/mol. The van der Waals surface area contributed by atoms with Gasteiger partial charge in [0, 0.05) is 17.7 Å². The molecule has 1 amide bonds. The maximum Gasteiger partial charge on any atom is 0.337 e. The summed E-state index contributed by atoms with van der Waals surface area (Å²) in [4.78, 5) is 33.5. The number of aryl methyl sites for hydroxylation is 1. The average Bonchev–Trinajstić information content (AvgIpc) is 2.49. The summed E-state index contributed by atoms with van der Waals surface area (Å²) in [7, 11) is 0. The van der Waals surface area contributed by atoms with Crippen molar-refractivity contribution in [3.05, 3.63) is 69.3 Å². The highest BCUT2D eigenvalue weighted by molar-refractivity contribution is 6.08. The lowest BCUT2D eigenvalue weighted by Crippen LogP contribution is -2.16. The molecule has 2 aromatic carbocycles. The van der Waals surface area contributed by atoms with E-state index >= 15 is 0 Å². The number of anilines is 1. The molecule has 0 saturated heterocycles. The van der Waals surface area contributed by atoms with Gasteiger partial charge in [-0.1, -0.05) is 18.2 Å². The van der Waals surface area contributed by atoms with E-state index in [0.717, 1.165) is 6.07 Å². The normalized spacial score (nSPS) is 10.0. The molecule has 0 bridgehead atoms. The number of para-hydroxylation sites is 1. The van der Waals surface area contributed by atoms with E-state index in [4.69, 9.17) is 5.11 Å². The lowest BCUT2D eigenvalue weighted by Gasteiger charge is -2.11. The molecule has 0 saturated carbocycles. The number of hydrogen-bond donors (Lipinski definition) is 2. The molecule has 0 spiro atoms. The monoisotopic (exact) mass is 300 g/mol. The number of amides is 1. The van der Waals surface area contributed by atoms with Crippen LogP contribution in [0.1, 0.15) is 26.3 Å². The van der Waals surface area contributed by atoms with E-state index in [9.17, 15) is 19.7 Å². The minimum Gasteiger partial charge on any atom is -0.478 e. The molecule has 0 fully saturated rings. The molecule has 0 aliphatic carbocycles. The van der Waals surface area contributed by atoms with Crippen LogP contribution in [-0.2, 0) is 0 Å². The third kappa shape index (κ3) is 3.09. The zero-order chi connectivity index (χ0) is 16.3. The third-order valence-corrected chi connectivity index (χ3v) is 3.06. The number of nitro benzene ring substituents is 1. The van der Waals surface area contributed by atoms with Gasteiger partial charge in [-0.25, -0.2) is 4.79 Å². The van der Waals surface area contributed by atoms with Crippen molar-refractivity contribution in [2.45, 2.75) is 6.92 Å². The van der Waals surface area contributed by atoms with Gasteiger partial charge in [-0.2, -0.15) is 0 Å². The van der Waals surface area contributed by atoms with Gasteiger partial charge in [0.2, 0.25) is 0 Å². The topological polar surface area (TPSA) is 110 Å². The quantitative estimate of drug-likeness (QED) is 0.666. The van der Waals surface area contributed by atoms with Crippen molar-refractivity contribution in [1.82, 2.24) is 0 Å². The minimum atomic E-state index is -1.17. The highest BCUT2D eigenvalue weighted by Gasteiger charge is 2.17. The highest BCUT2D eigenvalue weighted by atomic mass is 16.6. The second kappa shape index (κ2) is 6.04. The van der Waals surface area contributed by atoms with E-state index < -0.39 is 16.8 Å². The number of carbonyl (C=O) groups excluding carboxylic acids is 1. The van der Waals surface area contributed by atoms with Gasteiger partial charge in [0.1, 0.15) is 0 Å². The van der Waals surface area contributed by atoms with E-state index in [1.54, 1.807) is 19.1 Å². The third-order valence-electron chi connectivity index (χ3n) is 3.06. The Balaban J connectivity index is 2.36. The van der Waals surface area contributed by atoms with Crippen LogP contribution in [0.4, 0.5) is 11.4 Å². The van der Waals surface area contributed by atoms with Gasteiger partial charge in [-0.3, -0.25) is 14.9 Å². The Bertz CT molecular complexity index is 770. The van der Waals surface area contributed by atoms with Crippen LogP contribution < -0.4 is 5.32 Å². The maximum atomic E-state index is 12.2. The standard InChI is InChI=1S/C15H12N2O5/c1-9-4-2-7-12(15(19)20)13(9)16-14(18)10-5-3-6-11(8-10)17(21)22/h2-8H,1H3,(H,16,18)(H,19,20). The Morgan fingerprint density at radius 2 is 1.86 bits per heavy atom. The summed E-state index contributed by atoms with van der Waals surface area (Å²) < 4.78 is 0. The number of nitrogens with one attached hydrogen (secondary N) is 1. The van der Waals surface area contributed by atoms with Crippen molar-refractivity contribution in [3.63, 3.8) is 0 Å². The van der Waals surface area contributed by atoms with Gasteiger partial charge >= 0.3 is 5.97 Å². The fraction of sp³-hybridized carbons (Fsp3) is 0.0667. The first-order chi connectivity index (χ1) is 10.4. The SMILES string of the molecule is Cc1cccc(C(=O)O)c1NC(=O)c1cccc([N+](=O)[O-])c1. The molecular weight excluding hydrogens is 288 g/mol. The fourth-order valence-corrected chi connectivity index (χ4v) is 1.96. The van der Waals surface area contributed by atoms with Gasteiger partial charge in [-0.05, 0) is 24.6 Å². The number of nitrogens with zero attached hydrogens (tertiary/aromatic N) is 1. The molecule has 2 aromatic rings. The summed E-state index contributed by atoms with van der Waals surface area (Å²) in [5.74, 6) is -1.78. The summed E-state index contributed by atoms with van der Waals surface area (Å²) >= 11 is 0. The van der Waals surface area contributed by atoms with Crippen LogP contribution in [0.15, 0.2) is 42.5 Å². The molecule has 0 unspecified atom stereocenters. The predicted octanol–water partition coefficient (Wildman–Crippen LogP) is 2.85. The van der Waals surface area contributed by atoms with E-state index in [1.807, 2.05) is 0 Å². The fourth-order valence-electron chi connectivity index (χ4n) is 1.96. The molecule has 0 radical (unpaired) electrons. The summed E-state index contributed by atoms with van der Waals surface area (Å²) in [6.45, 7) is 1.66. The maximum absolute atomic E-state index is 12.2. The van der Waals surface area contributed by atoms with Crippen molar-refractivity contribution in [2.24, 2.45) is 0 Å². The number of carboxylic acids is 1. The Morgan fingerprint density at radius 3 is 2.50 bits per heavy atom. The molecule has 0 aliphatic rings. The molecule has 0 atom stereocenters. The summed E-state index contributed by atoms with van der Waals surface area (Å²) in [6, 6.07) is 9.82. The zero-order valence-electron chi connectivity index (χ0n) is 11.6. The van der Waals surface area contributed by atoms with Gasteiger partial charge in [0.05, 0.1) is 16.2 Å². The molecular formula is C15H12N2O5. The molecule has 0 heterocycles. The number of nitro groups is 1. The second-order valence-electron chi connectivity index (χ2n) is 4.56. The van der Waals surface area contributed by atoms with E-state index in [-0.39, 0.29) is 22.5 Å². The smallest absolute Gasteiger partial charge is 0.337 e. The van der Waals surface area contributed by atoms with E-state index in [0.29, 0.717) is 5.56 Å². The number of benzene rings is 2. The van der Waals surface area contributed by atoms with Crippen LogP contribution in [0, 0.1) is 17.0 Å². The van der Waals surface area contributed by atoms with Gasteiger partial charge < -0.3 is 10.4 Å². The number of carbonyl (C=O) groups is 2.